The first-order chi connectivity index (χ1) is 13.8. The molecule has 0 spiro atoms. The lowest BCUT2D eigenvalue weighted by molar-refractivity contribution is -0.119. The number of aromatic nitrogens is 3. The Bertz CT molecular complexity index is 1120. The number of nitrogens with zero attached hydrogens (tertiary/aromatic N) is 3. The Balaban J connectivity index is 1.82. The van der Waals surface area contributed by atoms with Crippen molar-refractivity contribution in [2.75, 3.05) is 5.32 Å². The third-order valence-corrected chi connectivity index (χ3v) is 6.14. The van der Waals surface area contributed by atoms with Crippen LogP contribution in [0.5, 0.6) is 0 Å². The van der Waals surface area contributed by atoms with Crippen LogP contribution in [0.4, 0.5) is 14.5 Å². The summed E-state index contributed by atoms with van der Waals surface area (Å²) < 4.78 is 28.2. The molecule has 1 fully saturated rings. The van der Waals surface area contributed by atoms with E-state index in [2.05, 4.69) is 15.4 Å². The van der Waals surface area contributed by atoms with Crippen molar-refractivity contribution in [3.63, 3.8) is 0 Å². The predicted molar refractivity (Wildman–Crippen MR) is 105 cm³/mol. The van der Waals surface area contributed by atoms with Crippen molar-refractivity contribution in [1.82, 2.24) is 14.8 Å². The van der Waals surface area contributed by atoms with Crippen LogP contribution in [0, 0.1) is 6.92 Å². The maximum atomic E-state index is 13.3. The first-order valence-electron chi connectivity index (χ1n) is 9.14. The fourth-order valence-electron chi connectivity index (χ4n) is 3.39. The lowest BCUT2D eigenvalue weighted by atomic mass is 10.0. The Morgan fingerprint density at radius 1 is 1.38 bits per heavy atom. The number of alkyl halides is 2. The molecule has 29 heavy (non-hydrogen) atoms. The number of nitrogens with two attached hydrogens (primary N) is 1. The Labute approximate surface area is 168 Å². The zero-order valence-corrected chi connectivity index (χ0v) is 16.6. The average molecular weight is 419 g/mol. The van der Waals surface area contributed by atoms with Crippen LogP contribution < -0.4 is 11.1 Å². The molecule has 10 heteroatoms. The number of anilines is 1. The Hall–Kier alpha value is -2.88. The molecule has 7 nitrogen and oxygen atoms in total. The maximum absolute atomic E-state index is 13.3. The number of primary amides is 1. The van der Waals surface area contributed by atoms with Crippen molar-refractivity contribution >= 4 is 39.1 Å². The number of pyridine rings is 1. The number of fused-ring (bicyclic) bond motifs is 1. The molecule has 4 rings (SSSR count). The normalized spacial score (nSPS) is 15.1. The standard InChI is InChI=1S/C19H19F2N5O2S/c1-8-5-6-23-26(8)9(2)18(28)25-14-13-11(10-3-4-10)7-12(16(20)21)24-19(13)29-15(14)17(22)27/h5-7,9-10,16H,3-4H2,1-2H3,(H2,22,27)(H,25,28). The van der Waals surface area contributed by atoms with Gasteiger partial charge in [0.25, 0.3) is 12.3 Å². The van der Waals surface area contributed by atoms with Gasteiger partial charge in [0, 0.05) is 17.3 Å². The molecule has 1 saturated carbocycles. The van der Waals surface area contributed by atoms with Crippen molar-refractivity contribution in [3.05, 3.63) is 40.2 Å². The number of hydrogen-bond acceptors (Lipinski definition) is 5. The van der Waals surface area contributed by atoms with Crippen LogP contribution in [0.2, 0.25) is 0 Å². The molecule has 1 aliphatic carbocycles. The van der Waals surface area contributed by atoms with Crippen LogP contribution in [-0.2, 0) is 4.79 Å². The molecule has 3 aromatic rings. The van der Waals surface area contributed by atoms with E-state index in [0.717, 1.165) is 29.9 Å². The second-order valence-corrected chi connectivity index (χ2v) is 8.14. The summed E-state index contributed by atoms with van der Waals surface area (Å²) in [5, 5.41) is 7.45. The van der Waals surface area contributed by atoms with Gasteiger partial charge in [-0.05, 0) is 50.3 Å². The molecule has 0 aliphatic heterocycles. The van der Waals surface area contributed by atoms with E-state index in [1.165, 1.54) is 6.07 Å². The van der Waals surface area contributed by atoms with Crippen LogP contribution in [0.1, 0.15) is 64.8 Å². The number of carbonyl (C=O) groups is 2. The molecule has 152 valence electrons. The number of carbonyl (C=O) groups excluding carboxylic acids is 2. The number of nitrogens with one attached hydrogen (secondary N) is 1. The maximum Gasteiger partial charge on any atom is 0.280 e. The van der Waals surface area contributed by atoms with Crippen molar-refractivity contribution in [3.8, 4) is 0 Å². The predicted octanol–water partition coefficient (Wildman–Crippen LogP) is 3.91. The van der Waals surface area contributed by atoms with Crippen molar-refractivity contribution in [2.24, 2.45) is 5.73 Å². The van der Waals surface area contributed by atoms with Crippen LogP contribution >= 0.6 is 11.3 Å². The highest BCUT2D eigenvalue weighted by molar-refractivity contribution is 7.21. The molecule has 0 saturated heterocycles. The molecule has 1 unspecified atom stereocenters. The van der Waals surface area contributed by atoms with Gasteiger partial charge < -0.3 is 11.1 Å². The first kappa shape index (κ1) is 19.4. The minimum absolute atomic E-state index is 0.0959. The lowest BCUT2D eigenvalue weighted by Crippen LogP contribution is -2.26. The molecule has 1 atom stereocenters. The molecule has 2 amide bonds. The van der Waals surface area contributed by atoms with Crippen molar-refractivity contribution in [1.29, 1.82) is 0 Å². The van der Waals surface area contributed by atoms with E-state index in [1.807, 2.05) is 6.92 Å². The van der Waals surface area contributed by atoms with Gasteiger partial charge in [-0.3, -0.25) is 14.3 Å². The summed E-state index contributed by atoms with van der Waals surface area (Å²) in [6, 6.07) is 2.51. The Morgan fingerprint density at radius 3 is 2.66 bits per heavy atom. The van der Waals surface area contributed by atoms with Crippen molar-refractivity contribution in [2.45, 2.75) is 45.1 Å². The average Bonchev–Trinajstić information content (AvgIpc) is 3.33. The molecule has 0 radical (unpaired) electrons. The highest BCUT2D eigenvalue weighted by Gasteiger charge is 2.32. The molecule has 1 aliphatic rings. The highest BCUT2D eigenvalue weighted by atomic mass is 32.1. The topological polar surface area (TPSA) is 103 Å². The number of hydrogen-bond donors (Lipinski definition) is 2. The van der Waals surface area contributed by atoms with Gasteiger partial charge in [-0.15, -0.1) is 11.3 Å². The van der Waals surface area contributed by atoms with E-state index in [1.54, 1.807) is 23.9 Å². The van der Waals surface area contributed by atoms with Crippen LogP contribution in [-0.4, -0.2) is 26.6 Å². The van der Waals surface area contributed by atoms with Gasteiger partial charge in [-0.2, -0.15) is 5.10 Å². The summed E-state index contributed by atoms with van der Waals surface area (Å²) in [5.74, 6) is -1.03. The van der Waals surface area contributed by atoms with E-state index < -0.39 is 24.3 Å². The molecule has 3 heterocycles. The fourth-order valence-corrected chi connectivity index (χ4v) is 4.41. The second kappa shape index (κ2) is 7.18. The third kappa shape index (κ3) is 3.48. The number of aryl methyl sites for hydroxylation is 1. The van der Waals surface area contributed by atoms with E-state index in [0.29, 0.717) is 10.9 Å². The van der Waals surface area contributed by atoms with Gasteiger partial charge in [-0.1, -0.05) is 0 Å². The first-order valence-corrected chi connectivity index (χ1v) is 9.95. The molecule has 0 bridgehead atoms. The smallest absolute Gasteiger partial charge is 0.280 e. The Kier molecular flexibility index (Phi) is 4.81. The SMILES string of the molecule is Cc1ccnn1C(C)C(=O)Nc1c(C(N)=O)sc2nc(C(F)F)cc(C3CC3)c12. The minimum atomic E-state index is -2.73. The molecule has 3 N–H and O–H groups in total. The van der Waals surface area contributed by atoms with Crippen LogP contribution in [0.25, 0.3) is 10.2 Å². The van der Waals surface area contributed by atoms with Gasteiger partial charge in [0.15, 0.2) is 0 Å². The molecular formula is C19H19F2N5O2S. The summed E-state index contributed by atoms with van der Waals surface area (Å²) in [4.78, 5) is 29.3. The zero-order chi connectivity index (χ0) is 20.9. The van der Waals surface area contributed by atoms with Crippen LogP contribution in [0.3, 0.4) is 0 Å². The van der Waals surface area contributed by atoms with Gasteiger partial charge in [0.2, 0.25) is 5.91 Å². The number of amides is 2. The largest absolute Gasteiger partial charge is 0.365 e. The monoisotopic (exact) mass is 419 g/mol. The molecule has 0 aromatic carbocycles. The Morgan fingerprint density at radius 2 is 2.10 bits per heavy atom. The van der Waals surface area contributed by atoms with E-state index >= 15 is 0 Å². The van der Waals surface area contributed by atoms with E-state index in [-0.39, 0.29) is 27.0 Å². The summed E-state index contributed by atoms with van der Waals surface area (Å²) in [6.45, 7) is 3.51. The quantitative estimate of drug-likeness (QED) is 0.632. The summed E-state index contributed by atoms with van der Waals surface area (Å²) in [7, 11) is 0. The molecule has 3 aromatic heterocycles. The number of thiophene rings is 1. The summed E-state index contributed by atoms with van der Waals surface area (Å²) >= 11 is 0.921. The fraction of sp³-hybridized carbons (Fsp3) is 0.368. The minimum Gasteiger partial charge on any atom is -0.365 e. The van der Waals surface area contributed by atoms with Crippen LogP contribution in [0.15, 0.2) is 18.3 Å². The summed E-state index contributed by atoms with van der Waals surface area (Å²) in [5.41, 5.74) is 6.90. The number of rotatable bonds is 6. The highest BCUT2D eigenvalue weighted by Crippen LogP contribution is 2.48. The van der Waals surface area contributed by atoms with Crippen molar-refractivity contribution < 1.29 is 18.4 Å². The van der Waals surface area contributed by atoms with Gasteiger partial charge in [0.05, 0.1) is 5.69 Å². The zero-order valence-electron chi connectivity index (χ0n) is 15.8. The second-order valence-electron chi connectivity index (χ2n) is 7.14. The van der Waals surface area contributed by atoms with E-state index in [9.17, 15) is 18.4 Å². The van der Waals surface area contributed by atoms with Gasteiger partial charge in [-0.25, -0.2) is 13.8 Å². The number of halogens is 2. The lowest BCUT2D eigenvalue weighted by Gasteiger charge is -2.15. The van der Waals surface area contributed by atoms with Gasteiger partial charge >= 0.3 is 0 Å². The van der Waals surface area contributed by atoms with E-state index in [4.69, 9.17) is 5.73 Å². The third-order valence-electron chi connectivity index (χ3n) is 5.04. The van der Waals surface area contributed by atoms with Gasteiger partial charge in [0.1, 0.15) is 21.4 Å². The summed E-state index contributed by atoms with van der Waals surface area (Å²) in [6.07, 6.45) is 0.589. The molecular weight excluding hydrogens is 400 g/mol.